The fourth-order valence-corrected chi connectivity index (χ4v) is 4.90. The van der Waals surface area contributed by atoms with Gasteiger partial charge in [0.1, 0.15) is 10.7 Å². The highest BCUT2D eigenvalue weighted by Gasteiger charge is 2.16. The molecule has 5 rings (SSSR count). The molecule has 150 valence electrons. The maximum Gasteiger partial charge on any atom is 0.262 e. The number of rotatable bonds is 4. The van der Waals surface area contributed by atoms with E-state index < -0.39 is 0 Å². The molecule has 3 aromatic heterocycles. The van der Waals surface area contributed by atoms with Gasteiger partial charge in [-0.3, -0.25) is 9.36 Å². The molecule has 0 aliphatic carbocycles. The van der Waals surface area contributed by atoms with Gasteiger partial charge in [-0.2, -0.15) is 0 Å². The number of aryl methyl sites for hydroxylation is 2. The third kappa shape index (κ3) is 3.22. The first-order chi connectivity index (χ1) is 14.5. The van der Waals surface area contributed by atoms with Gasteiger partial charge in [0.05, 0.1) is 29.3 Å². The number of hydrogen-bond donors (Lipinski definition) is 0. The van der Waals surface area contributed by atoms with Gasteiger partial charge in [0.2, 0.25) is 0 Å². The van der Waals surface area contributed by atoms with Crippen molar-refractivity contribution in [2.24, 2.45) is 0 Å². The summed E-state index contributed by atoms with van der Waals surface area (Å²) in [5, 5.41) is 1.34. The monoisotopic (exact) mass is 434 g/mol. The van der Waals surface area contributed by atoms with Crippen molar-refractivity contribution in [3.8, 4) is 0 Å². The molecule has 0 spiro atoms. The van der Waals surface area contributed by atoms with Crippen molar-refractivity contribution < 1.29 is 0 Å². The Morgan fingerprint density at radius 1 is 1.07 bits per heavy atom. The Hall–Kier alpha value is -2.96. The minimum atomic E-state index is -0.0294. The van der Waals surface area contributed by atoms with Gasteiger partial charge in [-0.15, -0.1) is 11.3 Å². The first-order valence-corrected chi connectivity index (χ1v) is 10.8. The second kappa shape index (κ2) is 7.38. The number of halogens is 1. The molecular weight excluding hydrogens is 416 g/mol. The number of imidazole rings is 1. The lowest BCUT2D eigenvalue weighted by Gasteiger charge is -2.11. The predicted molar refractivity (Wildman–Crippen MR) is 123 cm³/mol. The summed E-state index contributed by atoms with van der Waals surface area (Å²) in [5.74, 6) is 0.795. The van der Waals surface area contributed by atoms with Crippen LogP contribution in [0.15, 0.2) is 59.7 Å². The fourth-order valence-electron chi connectivity index (χ4n) is 3.75. The average molecular weight is 435 g/mol. The van der Waals surface area contributed by atoms with Crippen LogP contribution in [0.25, 0.3) is 21.3 Å². The quantitative estimate of drug-likeness (QED) is 0.392. The van der Waals surface area contributed by atoms with Gasteiger partial charge in [0.15, 0.2) is 0 Å². The lowest BCUT2D eigenvalue weighted by atomic mass is 10.2. The van der Waals surface area contributed by atoms with E-state index in [-0.39, 0.29) is 5.56 Å². The van der Waals surface area contributed by atoms with Crippen molar-refractivity contribution in [2.45, 2.75) is 26.9 Å². The van der Waals surface area contributed by atoms with Crippen LogP contribution in [0.2, 0.25) is 5.02 Å². The Morgan fingerprint density at radius 3 is 2.67 bits per heavy atom. The van der Waals surface area contributed by atoms with Crippen LogP contribution in [0.1, 0.15) is 21.8 Å². The van der Waals surface area contributed by atoms with Gasteiger partial charge in [-0.05, 0) is 43.2 Å². The van der Waals surface area contributed by atoms with Crippen molar-refractivity contribution >= 4 is 44.2 Å². The Kier molecular flexibility index (Phi) is 4.68. The molecule has 5 aromatic rings. The van der Waals surface area contributed by atoms with Gasteiger partial charge in [0.25, 0.3) is 5.56 Å². The summed E-state index contributed by atoms with van der Waals surface area (Å²) in [6.45, 7) is 5.01. The van der Waals surface area contributed by atoms with E-state index in [1.54, 1.807) is 22.2 Å². The van der Waals surface area contributed by atoms with E-state index in [2.05, 4.69) is 21.7 Å². The van der Waals surface area contributed by atoms with Gasteiger partial charge in [-0.25, -0.2) is 9.97 Å². The van der Waals surface area contributed by atoms with E-state index in [0.717, 1.165) is 32.1 Å². The van der Waals surface area contributed by atoms with Crippen LogP contribution in [-0.2, 0) is 13.1 Å². The van der Waals surface area contributed by atoms with Crippen LogP contribution in [0.4, 0.5) is 0 Å². The van der Waals surface area contributed by atoms with Crippen LogP contribution in [0, 0.1) is 13.8 Å². The average Bonchev–Trinajstić information content (AvgIpc) is 3.21. The van der Waals surface area contributed by atoms with Crippen LogP contribution < -0.4 is 5.56 Å². The summed E-state index contributed by atoms with van der Waals surface area (Å²) in [5.41, 5.74) is 3.95. The molecule has 0 aliphatic heterocycles. The molecule has 5 nitrogen and oxygen atoms in total. The largest absolute Gasteiger partial charge is 0.322 e. The standard InChI is InChI=1S/C23H19ClN4OS/c1-14-15(2)30-22-21(14)23(29)27(13-25-22)12-20-26-18-10-17(24)8-9-19(18)28(20)11-16-6-4-3-5-7-16/h3-10,13H,11-12H2,1-2H3. The molecule has 0 fully saturated rings. The SMILES string of the molecule is Cc1sc2ncn(Cc3nc4cc(Cl)ccc4n3Cc3ccccc3)c(=O)c2c1C. The third-order valence-corrected chi connectivity index (χ3v) is 6.79. The zero-order valence-electron chi connectivity index (χ0n) is 16.6. The molecule has 0 bridgehead atoms. The summed E-state index contributed by atoms with van der Waals surface area (Å²) in [6.07, 6.45) is 1.62. The molecular formula is C23H19ClN4OS. The van der Waals surface area contributed by atoms with Crippen LogP contribution in [0.5, 0.6) is 0 Å². The molecule has 0 saturated carbocycles. The number of thiophene rings is 1. The first-order valence-electron chi connectivity index (χ1n) is 9.65. The van der Waals surface area contributed by atoms with E-state index in [1.807, 2.05) is 50.2 Å². The normalized spacial score (nSPS) is 11.6. The number of nitrogens with zero attached hydrogens (tertiary/aromatic N) is 4. The van der Waals surface area contributed by atoms with Gasteiger partial charge in [0, 0.05) is 16.4 Å². The highest BCUT2D eigenvalue weighted by molar-refractivity contribution is 7.18. The molecule has 0 N–H and O–H groups in total. The number of benzene rings is 2. The van der Waals surface area contributed by atoms with Crippen LogP contribution >= 0.6 is 22.9 Å². The first kappa shape index (κ1) is 19.0. The van der Waals surface area contributed by atoms with Crippen LogP contribution in [-0.4, -0.2) is 19.1 Å². The van der Waals surface area contributed by atoms with Crippen molar-refractivity contribution in [2.75, 3.05) is 0 Å². The molecule has 7 heteroatoms. The van der Waals surface area contributed by atoms with Crippen LogP contribution in [0.3, 0.4) is 0 Å². The second-order valence-electron chi connectivity index (χ2n) is 7.37. The van der Waals surface area contributed by atoms with Crippen molar-refractivity contribution in [1.82, 2.24) is 19.1 Å². The minimum Gasteiger partial charge on any atom is -0.322 e. The smallest absolute Gasteiger partial charge is 0.262 e. The molecule has 0 unspecified atom stereocenters. The second-order valence-corrected chi connectivity index (χ2v) is 9.01. The maximum absolute atomic E-state index is 13.2. The summed E-state index contributed by atoms with van der Waals surface area (Å²) in [6, 6.07) is 15.9. The molecule has 2 aromatic carbocycles. The summed E-state index contributed by atoms with van der Waals surface area (Å²) < 4.78 is 3.79. The fraction of sp³-hybridized carbons (Fsp3) is 0.174. The van der Waals surface area contributed by atoms with Gasteiger partial charge >= 0.3 is 0 Å². The lowest BCUT2D eigenvalue weighted by Crippen LogP contribution is -2.23. The Labute approximate surface area is 182 Å². The van der Waals surface area contributed by atoms with E-state index in [9.17, 15) is 4.79 Å². The number of fused-ring (bicyclic) bond motifs is 2. The summed E-state index contributed by atoms with van der Waals surface area (Å²) >= 11 is 7.76. The molecule has 30 heavy (non-hydrogen) atoms. The van der Waals surface area contributed by atoms with Crippen molar-refractivity contribution in [3.63, 3.8) is 0 Å². The maximum atomic E-state index is 13.2. The van der Waals surface area contributed by atoms with Crippen molar-refractivity contribution in [1.29, 1.82) is 0 Å². The summed E-state index contributed by atoms with van der Waals surface area (Å²) in [7, 11) is 0. The highest BCUT2D eigenvalue weighted by atomic mass is 35.5. The van der Waals surface area contributed by atoms with Gasteiger partial charge in [-0.1, -0.05) is 41.9 Å². The lowest BCUT2D eigenvalue weighted by molar-refractivity contribution is 0.657. The van der Waals surface area contributed by atoms with E-state index >= 15 is 0 Å². The summed E-state index contributed by atoms with van der Waals surface area (Å²) in [4.78, 5) is 24.4. The van der Waals surface area contributed by atoms with E-state index in [1.165, 1.54) is 5.56 Å². The predicted octanol–water partition coefficient (Wildman–Crippen LogP) is 5.17. The molecule has 0 radical (unpaired) electrons. The van der Waals surface area contributed by atoms with E-state index in [0.29, 0.717) is 23.5 Å². The Balaban J connectivity index is 1.64. The van der Waals surface area contributed by atoms with E-state index in [4.69, 9.17) is 16.6 Å². The third-order valence-electron chi connectivity index (χ3n) is 5.44. The van der Waals surface area contributed by atoms with Gasteiger partial charge < -0.3 is 4.57 Å². The zero-order valence-corrected chi connectivity index (χ0v) is 18.2. The topological polar surface area (TPSA) is 52.7 Å². The number of hydrogen-bond acceptors (Lipinski definition) is 4. The van der Waals surface area contributed by atoms with Crippen molar-refractivity contribution in [3.05, 3.63) is 92.1 Å². The Morgan fingerprint density at radius 2 is 1.87 bits per heavy atom. The minimum absolute atomic E-state index is 0.0294. The molecule has 0 saturated heterocycles. The molecule has 0 atom stereocenters. The Bertz CT molecular complexity index is 1450. The molecule has 3 heterocycles. The highest BCUT2D eigenvalue weighted by Crippen LogP contribution is 2.26. The number of aromatic nitrogens is 4. The zero-order chi connectivity index (χ0) is 20.8. The molecule has 0 amide bonds. The molecule has 0 aliphatic rings.